The van der Waals surface area contributed by atoms with Crippen LogP contribution in [0.5, 0.6) is 0 Å². The lowest BCUT2D eigenvalue weighted by molar-refractivity contribution is -0.131. The van der Waals surface area contributed by atoms with Crippen LogP contribution in [0.15, 0.2) is 46.4 Å². The van der Waals surface area contributed by atoms with Gasteiger partial charge in [-0.25, -0.2) is 9.78 Å². The van der Waals surface area contributed by atoms with E-state index in [1.807, 2.05) is 24.3 Å². The Balaban J connectivity index is 2.16. The summed E-state index contributed by atoms with van der Waals surface area (Å²) in [5.74, 6) is -0.299. The second-order valence-electron chi connectivity index (χ2n) is 4.13. The van der Waals surface area contributed by atoms with Gasteiger partial charge < -0.3 is 15.8 Å². The predicted molar refractivity (Wildman–Crippen MR) is 81.9 cm³/mol. The van der Waals surface area contributed by atoms with E-state index in [2.05, 4.69) is 9.97 Å². The van der Waals surface area contributed by atoms with Gasteiger partial charge in [-0.05, 0) is 17.2 Å². The van der Waals surface area contributed by atoms with Crippen LogP contribution in [0, 0.1) is 0 Å². The van der Waals surface area contributed by atoms with Crippen LogP contribution < -0.4 is 11.3 Å². The molecule has 6 nitrogen and oxygen atoms in total. The van der Waals surface area contributed by atoms with E-state index in [4.69, 9.17) is 10.8 Å². The van der Waals surface area contributed by atoms with Gasteiger partial charge in [0.05, 0.1) is 0 Å². The quantitative estimate of drug-likeness (QED) is 0.441. The van der Waals surface area contributed by atoms with Gasteiger partial charge in [0.15, 0.2) is 5.16 Å². The molecule has 0 spiro atoms. The molecule has 0 fully saturated rings. The minimum absolute atomic E-state index is 0.167. The van der Waals surface area contributed by atoms with Crippen LogP contribution in [0.3, 0.4) is 0 Å². The van der Waals surface area contributed by atoms with Crippen LogP contribution in [-0.4, -0.2) is 21.0 Å². The predicted octanol–water partition coefficient (Wildman–Crippen LogP) is 1.74. The molecule has 0 unspecified atom stereocenters. The van der Waals surface area contributed by atoms with E-state index >= 15 is 0 Å². The fourth-order valence-electron chi connectivity index (χ4n) is 1.66. The molecule has 0 saturated heterocycles. The fourth-order valence-corrected chi connectivity index (χ4v) is 2.55. The lowest BCUT2D eigenvalue weighted by atomic mass is 10.1. The molecule has 0 aliphatic carbocycles. The van der Waals surface area contributed by atoms with Gasteiger partial charge in [-0.1, -0.05) is 36.0 Å². The van der Waals surface area contributed by atoms with Gasteiger partial charge in [-0.3, -0.25) is 4.79 Å². The van der Waals surface area contributed by atoms with Crippen LogP contribution >= 0.6 is 11.8 Å². The van der Waals surface area contributed by atoms with Crippen molar-refractivity contribution < 1.29 is 9.90 Å². The smallest absolute Gasteiger partial charge is 0.328 e. The summed E-state index contributed by atoms with van der Waals surface area (Å²) in [5, 5.41) is 9.11. The van der Waals surface area contributed by atoms with Gasteiger partial charge in [0.25, 0.3) is 5.56 Å². The molecule has 0 bridgehead atoms. The number of nitrogen functional groups attached to an aromatic ring is 1. The summed E-state index contributed by atoms with van der Waals surface area (Å²) in [6, 6.07) is 8.62. The summed E-state index contributed by atoms with van der Waals surface area (Å²) in [7, 11) is 0. The van der Waals surface area contributed by atoms with Crippen molar-refractivity contribution in [2.45, 2.75) is 10.9 Å². The number of nitrogens with two attached hydrogens (primary N) is 1. The fraction of sp³-hybridized carbons (Fsp3) is 0.0714. The summed E-state index contributed by atoms with van der Waals surface area (Å²) >= 11 is 1.32. The van der Waals surface area contributed by atoms with Gasteiger partial charge >= 0.3 is 5.97 Å². The first-order valence-corrected chi connectivity index (χ1v) is 7.02. The van der Waals surface area contributed by atoms with E-state index < -0.39 is 5.97 Å². The molecule has 1 aromatic heterocycles. The molecule has 108 valence electrons. The van der Waals surface area contributed by atoms with E-state index in [9.17, 15) is 9.59 Å². The number of H-pyrrole nitrogens is 1. The van der Waals surface area contributed by atoms with Gasteiger partial charge in [-0.15, -0.1) is 0 Å². The molecule has 0 saturated carbocycles. The molecule has 2 aromatic rings. The number of anilines is 1. The number of aromatic amines is 1. The van der Waals surface area contributed by atoms with E-state index in [0.29, 0.717) is 10.9 Å². The number of nitrogens with one attached hydrogen (secondary N) is 1. The summed E-state index contributed by atoms with van der Waals surface area (Å²) in [6.45, 7) is 0. The SMILES string of the molecule is Nc1cc(=O)[nH]c(SCc2ccccc2C=CC(=O)O)n1. The molecule has 1 aromatic carbocycles. The highest BCUT2D eigenvalue weighted by Gasteiger charge is 2.04. The summed E-state index contributed by atoms with van der Waals surface area (Å²) < 4.78 is 0. The number of rotatable bonds is 5. The number of nitrogens with zero attached hydrogens (tertiary/aromatic N) is 1. The van der Waals surface area contributed by atoms with Crippen LogP contribution in [-0.2, 0) is 10.5 Å². The molecule has 2 rings (SSSR count). The third kappa shape index (κ3) is 4.50. The Morgan fingerprint density at radius 2 is 2.19 bits per heavy atom. The highest BCUT2D eigenvalue weighted by atomic mass is 32.2. The van der Waals surface area contributed by atoms with Gasteiger partial charge in [-0.2, -0.15) is 0 Å². The van der Waals surface area contributed by atoms with Crippen LogP contribution in [0.4, 0.5) is 5.82 Å². The van der Waals surface area contributed by atoms with Crippen LogP contribution in [0.1, 0.15) is 11.1 Å². The van der Waals surface area contributed by atoms with E-state index in [1.54, 1.807) is 0 Å². The van der Waals surface area contributed by atoms with Crippen molar-refractivity contribution in [1.29, 1.82) is 0 Å². The largest absolute Gasteiger partial charge is 0.478 e. The number of carboxylic acid groups (broad SMARTS) is 1. The molecular formula is C14H13N3O3S. The van der Waals surface area contributed by atoms with Crippen molar-refractivity contribution in [1.82, 2.24) is 9.97 Å². The first-order chi connectivity index (χ1) is 10.0. The highest BCUT2D eigenvalue weighted by Crippen LogP contribution is 2.22. The zero-order chi connectivity index (χ0) is 15.2. The Morgan fingerprint density at radius 3 is 2.90 bits per heavy atom. The molecule has 0 amide bonds. The van der Waals surface area contributed by atoms with E-state index in [0.717, 1.165) is 17.2 Å². The Morgan fingerprint density at radius 1 is 1.43 bits per heavy atom. The first kappa shape index (κ1) is 14.9. The normalized spacial score (nSPS) is 10.9. The molecule has 0 aliphatic heterocycles. The molecular weight excluding hydrogens is 290 g/mol. The van der Waals surface area contributed by atoms with Crippen LogP contribution in [0.25, 0.3) is 6.08 Å². The van der Waals surface area contributed by atoms with E-state index in [1.165, 1.54) is 23.9 Å². The number of hydrogen-bond acceptors (Lipinski definition) is 5. The second-order valence-corrected chi connectivity index (χ2v) is 5.10. The molecule has 0 atom stereocenters. The zero-order valence-corrected chi connectivity index (χ0v) is 11.8. The molecule has 21 heavy (non-hydrogen) atoms. The van der Waals surface area contributed by atoms with E-state index in [-0.39, 0.29) is 11.4 Å². The maximum atomic E-state index is 11.3. The highest BCUT2D eigenvalue weighted by molar-refractivity contribution is 7.98. The zero-order valence-electron chi connectivity index (χ0n) is 10.9. The topological polar surface area (TPSA) is 109 Å². The number of hydrogen-bond donors (Lipinski definition) is 3. The number of carboxylic acids is 1. The van der Waals surface area contributed by atoms with Crippen molar-refractivity contribution in [3.05, 3.63) is 57.9 Å². The number of benzene rings is 1. The standard InChI is InChI=1S/C14H13N3O3S/c15-11-7-12(18)17-14(16-11)21-8-10-4-2-1-3-9(10)5-6-13(19)20/h1-7H,8H2,(H,19,20)(H3,15,16,17,18). The van der Waals surface area contributed by atoms with Crippen molar-refractivity contribution in [2.75, 3.05) is 5.73 Å². The first-order valence-electron chi connectivity index (χ1n) is 6.03. The summed E-state index contributed by atoms with van der Waals surface area (Å²) in [4.78, 5) is 28.5. The maximum Gasteiger partial charge on any atom is 0.328 e. The Kier molecular flexibility index (Phi) is 4.78. The molecule has 7 heteroatoms. The molecule has 1 heterocycles. The summed E-state index contributed by atoms with van der Waals surface area (Å²) in [5.41, 5.74) is 6.96. The number of thioether (sulfide) groups is 1. The van der Waals surface area contributed by atoms with Crippen molar-refractivity contribution >= 4 is 29.6 Å². The molecule has 0 radical (unpaired) electrons. The maximum absolute atomic E-state index is 11.3. The Labute approximate surface area is 124 Å². The lowest BCUT2D eigenvalue weighted by Crippen LogP contribution is -2.09. The average molecular weight is 303 g/mol. The average Bonchev–Trinajstić information content (AvgIpc) is 2.42. The lowest BCUT2D eigenvalue weighted by Gasteiger charge is -2.05. The van der Waals surface area contributed by atoms with Gasteiger partial charge in [0.2, 0.25) is 0 Å². The van der Waals surface area contributed by atoms with Crippen molar-refractivity contribution in [3.8, 4) is 0 Å². The Bertz CT molecular complexity index is 740. The third-order valence-electron chi connectivity index (χ3n) is 2.56. The second kappa shape index (κ2) is 6.76. The van der Waals surface area contributed by atoms with Crippen molar-refractivity contribution in [2.24, 2.45) is 0 Å². The van der Waals surface area contributed by atoms with Crippen LogP contribution in [0.2, 0.25) is 0 Å². The minimum atomic E-state index is -1.00. The number of aromatic nitrogens is 2. The third-order valence-corrected chi connectivity index (χ3v) is 3.49. The minimum Gasteiger partial charge on any atom is -0.478 e. The monoisotopic (exact) mass is 303 g/mol. The van der Waals surface area contributed by atoms with Gasteiger partial charge in [0, 0.05) is 17.9 Å². The van der Waals surface area contributed by atoms with Gasteiger partial charge in [0.1, 0.15) is 5.82 Å². The van der Waals surface area contributed by atoms with Crippen molar-refractivity contribution in [3.63, 3.8) is 0 Å². The molecule has 4 N–H and O–H groups in total. The Hall–Kier alpha value is -2.54. The number of aliphatic carboxylic acids is 1. The summed E-state index contributed by atoms with van der Waals surface area (Å²) in [6.07, 6.45) is 2.62. The number of carbonyl (C=O) groups is 1. The molecule has 0 aliphatic rings.